The second-order valence-corrected chi connectivity index (χ2v) is 5.08. The van der Waals surface area contributed by atoms with Gasteiger partial charge in [-0.1, -0.05) is 0 Å². The zero-order valence-corrected chi connectivity index (χ0v) is 10.3. The van der Waals surface area contributed by atoms with Gasteiger partial charge in [0.25, 0.3) is 0 Å². The first-order valence-electron chi connectivity index (χ1n) is 5.38. The summed E-state index contributed by atoms with van der Waals surface area (Å²) in [6.07, 6.45) is 2.13. The zero-order valence-electron chi connectivity index (χ0n) is 9.47. The molecule has 1 amide bonds. The lowest BCUT2D eigenvalue weighted by Crippen LogP contribution is -2.36. The van der Waals surface area contributed by atoms with Crippen molar-refractivity contribution in [1.29, 1.82) is 0 Å². The van der Waals surface area contributed by atoms with Gasteiger partial charge < -0.3 is 15.3 Å². The lowest BCUT2D eigenvalue weighted by atomic mass is 10.4. The normalized spacial score (nSPS) is 14.4. The molecular weight excluding hydrogens is 240 g/mol. The summed E-state index contributed by atoms with van der Waals surface area (Å²) in [7, 11) is 1.78. The highest BCUT2D eigenvalue weighted by Crippen LogP contribution is 2.22. The van der Waals surface area contributed by atoms with E-state index in [4.69, 9.17) is 5.11 Å². The first-order valence-corrected chi connectivity index (χ1v) is 6.26. The lowest BCUT2D eigenvalue weighted by molar-refractivity contribution is -0.119. The summed E-state index contributed by atoms with van der Waals surface area (Å²) in [5.74, 6) is -0.949. The summed E-state index contributed by atoms with van der Waals surface area (Å²) >= 11 is 1.17. The van der Waals surface area contributed by atoms with Crippen LogP contribution in [0.4, 0.5) is 5.69 Å². The van der Waals surface area contributed by atoms with E-state index in [9.17, 15) is 9.59 Å². The van der Waals surface area contributed by atoms with Crippen molar-refractivity contribution in [2.75, 3.05) is 18.5 Å². The number of aromatic carboxylic acids is 1. The molecule has 2 N–H and O–H groups in total. The van der Waals surface area contributed by atoms with Gasteiger partial charge >= 0.3 is 5.97 Å². The highest BCUT2D eigenvalue weighted by atomic mass is 32.1. The first-order chi connectivity index (χ1) is 8.06. The van der Waals surface area contributed by atoms with E-state index in [1.165, 1.54) is 11.3 Å². The Kier molecular flexibility index (Phi) is 3.33. The van der Waals surface area contributed by atoms with Crippen LogP contribution < -0.4 is 10.2 Å². The van der Waals surface area contributed by atoms with Gasteiger partial charge in [-0.25, -0.2) is 4.79 Å². The Bertz CT molecular complexity index is 440. The van der Waals surface area contributed by atoms with Crippen molar-refractivity contribution in [3.05, 3.63) is 16.3 Å². The molecule has 1 fully saturated rings. The van der Waals surface area contributed by atoms with Crippen LogP contribution in [0.15, 0.2) is 11.4 Å². The third-order valence-electron chi connectivity index (χ3n) is 2.56. The highest BCUT2D eigenvalue weighted by Gasteiger charge is 2.23. The van der Waals surface area contributed by atoms with Crippen molar-refractivity contribution in [3.8, 4) is 0 Å². The molecule has 1 heterocycles. The molecule has 17 heavy (non-hydrogen) atoms. The van der Waals surface area contributed by atoms with Crippen molar-refractivity contribution in [1.82, 2.24) is 5.32 Å². The lowest BCUT2D eigenvalue weighted by Gasteiger charge is -2.16. The SMILES string of the molecule is CN(CC(=O)NC1CC1)c1csc(C(=O)O)c1. The number of anilines is 1. The number of hydrogen-bond acceptors (Lipinski definition) is 4. The maximum atomic E-state index is 11.6. The Morgan fingerprint density at radius 1 is 1.59 bits per heavy atom. The molecule has 0 aromatic carbocycles. The summed E-state index contributed by atoms with van der Waals surface area (Å²) in [6.45, 7) is 0.256. The number of carboxylic acid groups (broad SMARTS) is 1. The minimum atomic E-state index is -0.933. The maximum Gasteiger partial charge on any atom is 0.345 e. The Balaban J connectivity index is 1.90. The molecule has 1 aromatic rings. The highest BCUT2D eigenvalue weighted by molar-refractivity contribution is 7.12. The van der Waals surface area contributed by atoms with Crippen molar-refractivity contribution in [2.45, 2.75) is 18.9 Å². The van der Waals surface area contributed by atoms with Gasteiger partial charge in [0.1, 0.15) is 4.88 Å². The molecule has 1 saturated carbocycles. The average molecular weight is 254 g/mol. The molecule has 0 unspecified atom stereocenters. The monoisotopic (exact) mass is 254 g/mol. The number of amides is 1. The third kappa shape index (κ3) is 3.20. The topological polar surface area (TPSA) is 69.6 Å². The molecule has 2 rings (SSSR count). The molecule has 0 atom stereocenters. The molecule has 1 aromatic heterocycles. The molecule has 0 radical (unpaired) electrons. The molecular formula is C11H14N2O3S. The summed E-state index contributed by atoms with van der Waals surface area (Å²) < 4.78 is 0. The minimum absolute atomic E-state index is 0.0157. The van der Waals surface area contributed by atoms with E-state index < -0.39 is 5.97 Å². The Labute approximate surface area is 103 Å². The number of thiophene rings is 1. The summed E-state index contributed by atoms with van der Waals surface area (Å²) in [4.78, 5) is 24.3. The van der Waals surface area contributed by atoms with E-state index in [1.54, 1.807) is 23.4 Å². The van der Waals surface area contributed by atoms with Crippen LogP contribution in [-0.2, 0) is 4.79 Å². The molecule has 6 heteroatoms. The number of rotatable bonds is 5. The molecule has 0 bridgehead atoms. The average Bonchev–Trinajstić information content (AvgIpc) is 2.92. The van der Waals surface area contributed by atoms with E-state index in [-0.39, 0.29) is 17.3 Å². The van der Waals surface area contributed by atoms with Crippen molar-refractivity contribution in [2.24, 2.45) is 0 Å². The number of nitrogens with zero attached hydrogens (tertiary/aromatic N) is 1. The summed E-state index contributed by atoms with van der Waals surface area (Å²) in [6, 6.07) is 1.94. The molecule has 92 valence electrons. The Hall–Kier alpha value is -1.56. The second-order valence-electron chi connectivity index (χ2n) is 4.17. The number of carboxylic acids is 1. The molecule has 0 aliphatic heterocycles. The van der Waals surface area contributed by atoms with Gasteiger partial charge in [-0.3, -0.25) is 4.79 Å². The number of likely N-dealkylation sites (N-methyl/N-ethyl adjacent to an activating group) is 1. The van der Waals surface area contributed by atoms with E-state index in [2.05, 4.69) is 5.32 Å². The third-order valence-corrected chi connectivity index (χ3v) is 3.47. The van der Waals surface area contributed by atoms with Gasteiger partial charge in [0, 0.05) is 24.2 Å². The minimum Gasteiger partial charge on any atom is -0.477 e. The summed E-state index contributed by atoms with van der Waals surface area (Å²) in [5.41, 5.74) is 0.762. The van der Waals surface area contributed by atoms with E-state index in [0.29, 0.717) is 6.04 Å². The Morgan fingerprint density at radius 3 is 2.82 bits per heavy atom. The number of hydrogen-bond donors (Lipinski definition) is 2. The van der Waals surface area contributed by atoms with Gasteiger partial charge in [-0.05, 0) is 18.9 Å². The van der Waals surface area contributed by atoms with Crippen LogP contribution in [0, 0.1) is 0 Å². The fourth-order valence-electron chi connectivity index (χ4n) is 1.45. The largest absolute Gasteiger partial charge is 0.477 e. The molecule has 1 aliphatic rings. The fourth-order valence-corrected chi connectivity index (χ4v) is 2.23. The zero-order chi connectivity index (χ0) is 12.4. The summed E-state index contributed by atoms with van der Waals surface area (Å²) in [5, 5.41) is 13.4. The van der Waals surface area contributed by atoms with Gasteiger partial charge in [-0.15, -0.1) is 11.3 Å². The van der Waals surface area contributed by atoms with Crippen LogP contribution in [0.3, 0.4) is 0 Å². The van der Waals surface area contributed by atoms with E-state index >= 15 is 0 Å². The van der Waals surface area contributed by atoms with Crippen LogP contribution in [0.25, 0.3) is 0 Å². The van der Waals surface area contributed by atoms with Crippen molar-refractivity contribution >= 4 is 28.9 Å². The van der Waals surface area contributed by atoms with Gasteiger partial charge in [0.05, 0.1) is 6.54 Å². The van der Waals surface area contributed by atoms with Crippen LogP contribution >= 0.6 is 11.3 Å². The molecule has 5 nitrogen and oxygen atoms in total. The van der Waals surface area contributed by atoms with Crippen LogP contribution in [0.2, 0.25) is 0 Å². The molecule has 0 saturated heterocycles. The first kappa shape index (κ1) is 11.9. The number of carbonyl (C=O) groups excluding carboxylic acids is 1. The van der Waals surface area contributed by atoms with Crippen LogP contribution in [0.5, 0.6) is 0 Å². The standard InChI is InChI=1S/C11H14N2O3S/c1-13(5-10(14)12-7-2-3-7)8-4-9(11(15)16)17-6-8/h4,6-7H,2-3,5H2,1H3,(H,12,14)(H,15,16). The van der Waals surface area contributed by atoms with Gasteiger partial charge in [0.15, 0.2) is 0 Å². The van der Waals surface area contributed by atoms with Crippen LogP contribution in [-0.4, -0.2) is 36.6 Å². The second kappa shape index (κ2) is 4.75. The predicted octanol–water partition coefficient (Wildman–Crippen LogP) is 1.16. The van der Waals surface area contributed by atoms with Gasteiger partial charge in [0.2, 0.25) is 5.91 Å². The smallest absolute Gasteiger partial charge is 0.345 e. The van der Waals surface area contributed by atoms with E-state index in [1.807, 2.05) is 0 Å². The van der Waals surface area contributed by atoms with Crippen molar-refractivity contribution < 1.29 is 14.7 Å². The fraction of sp³-hybridized carbons (Fsp3) is 0.455. The van der Waals surface area contributed by atoms with E-state index in [0.717, 1.165) is 18.5 Å². The molecule has 0 spiro atoms. The quantitative estimate of drug-likeness (QED) is 0.827. The maximum absolute atomic E-state index is 11.6. The van der Waals surface area contributed by atoms with Crippen molar-refractivity contribution in [3.63, 3.8) is 0 Å². The predicted molar refractivity (Wildman–Crippen MR) is 65.7 cm³/mol. The number of nitrogens with one attached hydrogen (secondary N) is 1. The molecule has 1 aliphatic carbocycles. The number of carbonyl (C=O) groups is 2. The Morgan fingerprint density at radius 2 is 2.29 bits per heavy atom. The van der Waals surface area contributed by atoms with Gasteiger partial charge in [-0.2, -0.15) is 0 Å². The van der Waals surface area contributed by atoms with Crippen LogP contribution in [0.1, 0.15) is 22.5 Å².